The third-order valence-electron chi connectivity index (χ3n) is 4.55. The number of unbranched alkanes of at least 4 members (excludes halogenated alkanes) is 3. The second-order valence-electron chi connectivity index (χ2n) is 8.04. The second kappa shape index (κ2) is 10.7. The molecule has 0 saturated carbocycles. The van der Waals surface area contributed by atoms with Crippen LogP contribution in [0.3, 0.4) is 0 Å². The molecule has 2 rings (SSSR count). The van der Waals surface area contributed by atoms with Crippen LogP contribution < -0.4 is 10.6 Å². The maximum atomic E-state index is 11.5. The number of hydrogen-bond acceptors (Lipinski definition) is 6. The fraction of sp³-hybridized carbons (Fsp3) is 0.947. The summed E-state index contributed by atoms with van der Waals surface area (Å²) in [5.41, 5.74) is -0.434. The molecule has 2 aliphatic rings. The van der Waals surface area contributed by atoms with Crippen molar-refractivity contribution >= 4 is 17.9 Å². The maximum absolute atomic E-state index is 11.5. The van der Waals surface area contributed by atoms with Crippen molar-refractivity contribution in [3.8, 4) is 0 Å². The van der Waals surface area contributed by atoms with Gasteiger partial charge in [-0.1, -0.05) is 12.8 Å². The van der Waals surface area contributed by atoms with E-state index in [1.807, 2.05) is 32.5 Å². The molecular formula is C19H36N2O4S. The molecule has 1 unspecified atom stereocenters. The minimum absolute atomic E-state index is 0.287. The van der Waals surface area contributed by atoms with Crippen LogP contribution in [0.5, 0.6) is 0 Å². The molecular weight excluding hydrogens is 352 g/mol. The van der Waals surface area contributed by atoms with Crippen LogP contribution in [0.1, 0.15) is 59.3 Å². The third-order valence-corrected chi connectivity index (χ3v) is 5.62. The Labute approximate surface area is 162 Å². The van der Waals surface area contributed by atoms with E-state index >= 15 is 0 Å². The monoisotopic (exact) mass is 388 g/mol. The van der Waals surface area contributed by atoms with Crippen LogP contribution in [0.4, 0.5) is 4.79 Å². The maximum Gasteiger partial charge on any atom is 0.407 e. The van der Waals surface area contributed by atoms with Gasteiger partial charge in [0.25, 0.3) is 0 Å². The predicted octanol–water partition coefficient (Wildman–Crippen LogP) is 3.30. The lowest BCUT2D eigenvalue weighted by molar-refractivity contribution is -0.280. The van der Waals surface area contributed by atoms with Crippen molar-refractivity contribution in [2.75, 3.05) is 37.8 Å². The van der Waals surface area contributed by atoms with Gasteiger partial charge >= 0.3 is 6.09 Å². The van der Waals surface area contributed by atoms with Crippen molar-refractivity contribution in [3.05, 3.63) is 0 Å². The first kappa shape index (κ1) is 21.8. The molecule has 0 aliphatic carbocycles. The Morgan fingerprint density at radius 1 is 1.15 bits per heavy atom. The topological polar surface area (TPSA) is 68.8 Å². The minimum atomic E-state index is -0.434. The summed E-state index contributed by atoms with van der Waals surface area (Å²) in [5.74, 6) is 1.78. The van der Waals surface area contributed by atoms with E-state index in [2.05, 4.69) is 10.6 Å². The van der Waals surface area contributed by atoms with Gasteiger partial charge in [0.1, 0.15) is 5.60 Å². The Morgan fingerprint density at radius 3 is 2.54 bits per heavy atom. The summed E-state index contributed by atoms with van der Waals surface area (Å²) in [7, 11) is 0. The number of hydrogen-bond donors (Lipinski definition) is 2. The average molecular weight is 389 g/mol. The summed E-state index contributed by atoms with van der Waals surface area (Å²) in [6, 6.07) is 0.287. The van der Waals surface area contributed by atoms with Gasteiger partial charge in [-0.2, -0.15) is 11.8 Å². The number of ether oxygens (including phenoxy) is 3. The molecule has 7 heteroatoms. The van der Waals surface area contributed by atoms with E-state index in [1.165, 1.54) is 0 Å². The summed E-state index contributed by atoms with van der Waals surface area (Å²) < 4.78 is 17.3. The number of carbonyl (C=O) groups is 1. The molecule has 2 saturated heterocycles. The van der Waals surface area contributed by atoms with Gasteiger partial charge in [-0.3, -0.25) is 0 Å². The third kappa shape index (κ3) is 7.62. The van der Waals surface area contributed by atoms with Crippen LogP contribution in [-0.2, 0) is 14.2 Å². The van der Waals surface area contributed by atoms with Crippen LogP contribution in [0, 0.1) is 0 Å². The van der Waals surface area contributed by atoms with Crippen LogP contribution >= 0.6 is 11.8 Å². The number of thioether (sulfide) groups is 1. The van der Waals surface area contributed by atoms with Crippen molar-refractivity contribution in [2.45, 2.75) is 76.7 Å². The van der Waals surface area contributed by atoms with E-state index in [1.54, 1.807) is 0 Å². The Balaban J connectivity index is 1.51. The number of amides is 1. The highest BCUT2D eigenvalue weighted by Crippen LogP contribution is 2.34. The van der Waals surface area contributed by atoms with E-state index in [0.717, 1.165) is 69.8 Å². The van der Waals surface area contributed by atoms with Crippen LogP contribution in [0.15, 0.2) is 0 Å². The first-order chi connectivity index (χ1) is 12.4. The summed E-state index contributed by atoms with van der Waals surface area (Å²) in [6.07, 6.45) is 6.02. The molecule has 0 aromatic rings. The lowest BCUT2D eigenvalue weighted by Gasteiger charge is -2.45. The van der Waals surface area contributed by atoms with Crippen molar-refractivity contribution in [3.63, 3.8) is 0 Å². The van der Waals surface area contributed by atoms with Crippen molar-refractivity contribution in [1.82, 2.24) is 10.6 Å². The van der Waals surface area contributed by atoms with Gasteiger partial charge in [-0.25, -0.2) is 4.79 Å². The molecule has 2 aliphatic heterocycles. The van der Waals surface area contributed by atoms with Gasteiger partial charge in [0.2, 0.25) is 0 Å². The molecule has 2 heterocycles. The molecule has 0 bridgehead atoms. The van der Waals surface area contributed by atoms with E-state index in [-0.39, 0.29) is 17.9 Å². The molecule has 2 N–H and O–H groups in total. The fourth-order valence-electron chi connectivity index (χ4n) is 3.25. The van der Waals surface area contributed by atoms with Crippen LogP contribution in [0.2, 0.25) is 0 Å². The average Bonchev–Trinajstić information content (AvgIpc) is 2.58. The van der Waals surface area contributed by atoms with Gasteiger partial charge in [-0.05, 0) is 52.3 Å². The lowest BCUT2D eigenvalue weighted by atomic mass is 10.0. The first-order valence-corrected chi connectivity index (χ1v) is 11.1. The van der Waals surface area contributed by atoms with E-state index in [4.69, 9.17) is 14.2 Å². The number of rotatable bonds is 8. The van der Waals surface area contributed by atoms with Gasteiger partial charge in [0.05, 0.1) is 19.3 Å². The minimum Gasteiger partial charge on any atom is -0.444 e. The first-order valence-electron chi connectivity index (χ1n) is 9.97. The van der Waals surface area contributed by atoms with Crippen LogP contribution in [0.25, 0.3) is 0 Å². The zero-order chi connectivity index (χ0) is 18.9. The zero-order valence-corrected chi connectivity index (χ0v) is 17.4. The van der Waals surface area contributed by atoms with Crippen LogP contribution in [-0.4, -0.2) is 61.3 Å². The van der Waals surface area contributed by atoms with Gasteiger partial charge in [0.15, 0.2) is 5.79 Å². The van der Waals surface area contributed by atoms with Crippen molar-refractivity contribution < 1.29 is 19.0 Å². The highest BCUT2D eigenvalue weighted by atomic mass is 32.2. The Hall–Kier alpha value is -0.500. The number of carbonyl (C=O) groups excluding carboxylic acids is 1. The Morgan fingerprint density at radius 2 is 1.85 bits per heavy atom. The Bertz CT molecular complexity index is 414. The van der Waals surface area contributed by atoms with Crippen molar-refractivity contribution in [1.29, 1.82) is 0 Å². The van der Waals surface area contributed by atoms with Gasteiger partial charge < -0.3 is 24.8 Å². The van der Waals surface area contributed by atoms with Gasteiger partial charge in [0, 0.05) is 18.7 Å². The molecule has 0 aromatic heterocycles. The molecule has 152 valence electrons. The molecule has 1 amide bonds. The molecule has 0 aromatic carbocycles. The Kier molecular flexibility index (Phi) is 9.00. The molecule has 1 spiro atoms. The van der Waals surface area contributed by atoms with E-state index in [9.17, 15) is 4.79 Å². The quantitative estimate of drug-likeness (QED) is 0.622. The van der Waals surface area contributed by atoms with E-state index in [0.29, 0.717) is 6.54 Å². The zero-order valence-electron chi connectivity index (χ0n) is 16.6. The highest BCUT2D eigenvalue weighted by molar-refractivity contribution is 7.99. The highest BCUT2D eigenvalue weighted by Gasteiger charge is 2.44. The molecule has 26 heavy (non-hydrogen) atoms. The lowest BCUT2D eigenvalue weighted by Crippen LogP contribution is -2.60. The largest absolute Gasteiger partial charge is 0.444 e. The summed E-state index contributed by atoms with van der Waals surface area (Å²) in [6.45, 7) is 8.90. The normalized spacial score (nSPS) is 23.0. The SMILES string of the molecule is CC(C)(C)OC(=O)NCCCCCCNC1CSCCC12OCCCO2. The van der Waals surface area contributed by atoms with Crippen molar-refractivity contribution in [2.24, 2.45) is 0 Å². The van der Waals surface area contributed by atoms with E-state index < -0.39 is 5.60 Å². The smallest absolute Gasteiger partial charge is 0.407 e. The summed E-state index contributed by atoms with van der Waals surface area (Å²) in [5, 5.41) is 6.46. The fourth-order valence-corrected chi connectivity index (χ4v) is 4.45. The number of nitrogens with one attached hydrogen (secondary N) is 2. The standard InChI is InChI=1S/C19H36N2O4S/c1-18(2,3)25-17(22)21-11-7-5-4-6-10-20-16-15-26-14-9-19(16)23-12-8-13-24-19/h16,20H,4-15H2,1-3H3,(H,21,22). The molecule has 6 nitrogen and oxygen atoms in total. The molecule has 0 radical (unpaired) electrons. The number of alkyl carbamates (subject to hydrolysis) is 1. The molecule has 1 atom stereocenters. The summed E-state index contributed by atoms with van der Waals surface area (Å²) >= 11 is 1.98. The summed E-state index contributed by atoms with van der Waals surface area (Å²) in [4.78, 5) is 11.5. The second-order valence-corrected chi connectivity index (χ2v) is 9.19. The molecule has 2 fully saturated rings. The predicted molar refractivity (Wildman–Crippen MR) is 106 cm³/mol. The van der Waals surface area contributed by atoms with Gasteiger partial charge in [-0.15, -0.1) is 0 Å².